The molecule has 0 atom stereocenters. The van der Waals surface area contributed by atoms with Crippen LogP contribution in [0, 0.1) is 0 Å². The summed E-state index contributed by atoms with van der Waals surface area (Å²) in [5.41, 5.74) is 0.766. The van der Waals surface area contributed by atoms with Crippen LogP contribution in [0.25, 0.3) is 0 Å². The fourth-order valence-electron chi connectivity index (χ4n) is 4.37. The van der Waals surface area contributed by atoms with Gasteiger partial charge in [-0.15, -0.1) is 11.8 Å². The van der Waals surface area contributed by atoms with Crippen LogP contribution in [0.4, 0.5) is 0 Å². The van der Waals surface area contributed by atoms with E-state index in [9.17, 15) is 4.79 Å². The number of benzene rings is 2. The number of carbonyl (C=O) groups excluding carboxylic acids is 1. The van der Waals surface area contributed by atoms with Crippen LogP contribution in [-0.2, 0) is 10.3 Å². The highest BCUT2D eigenvalue weighted by Crippen LogP contribution is 2.42. The van der Waals surface area contributed by atoms with Crippen LogP contribution in [0.1, 0.15) is 31.2 Å². The highest BCUT2D eigenvalue weighted by molar-refractivity contribution is 8.00. The van der Waals surface area contributed by atoms with Crippen molar-refractivity contribution in [2.45, 2.75) is 36.1 Å². The Morgan fingerprint density at radius 1 is 0.833 bits per heavy atom. The monoisotopic (exact) mass is 427 g/mol. The Labute approximate surface area is 180 Å². The number of fused-ring (bicyclic) bond motifs is 2. The Bertz CT molecular complexity index is 941. The number of nitrogens with one attached hydrogen (secondary N) is 1. The van der Waals surface area contributed by atoms with Gasteiger partial charge in [-0.1, -0.05) is 18.9 Å². The summed E-state index contributed by atoms with van der Waals surface area (Å²) in [6, 6.07) is 11.9. The molecule has 6 nitrogen and oxygen atoms in total. The third-order valence-electron chi connectivity index (χ3n) is 5.81. The van der Waals surface area contributed by atoms with Crippen LogP contribution in [0.15, 0.2) is 41.3 Å². The quantitative estimate of drug-likeness (QED) is 0.730. The molecule has 2 aliphatic heterocycles. The average Bonchev–Trinajstić information content (AvgIpc) is 3.27. The van der Waals surface area contributed by atoms with Gasteiger partial charge in [0.25, 0.3) is 0 Å². The van der Waals surface area contributed by atoms with Gasteiger partial charge in [0.1, 0.15) is 26.4 Å². The largest absolute Gasteiger partial charge is 0.486 e. The van der Waals surface area contributed by atoms with Crippen LogP contribution in [0.2, 0.25) is 0 Å². The van der Waals surface area contributed by atoms with E-state index in [-0.39, 0.29) is 11.4 Å². The molecule has 158 valence electrons. The summed E-state index contributed by atoms with van der Waals surface area (Å²) in [6.07, 6.45) is 4.08. The van der Waals surface area contributed by atoms with Crippen molar-refractivity contribution in [3.63, 3.8) is 0 Å². The summed E-state index contributed by atoms with van der Waals surface area (Å²) in [6.45, 7) is 2.26. The van der Waals surface area contributed by atoms with E-state index >= 15 is 0 Å². The van der Waals surface area contributed by atoms with Crippen molar-refractivity contribution in [2.75, 3.05) is 32.2 Å². The summed E-state index contributed by atoms with van der Waals surface area (Å²) in [5, 5.41) is 3.34. The molecule has 0 saturated heterocycles. The topological polar surface area (TPSA) is 66.0 Å². The molecular formula is C23H25NO5S. The molecule has 1 N–H and O–H groups in total. The molecule has 0 spiro atoms. The van der Waals surface area contributed by atoms with Gasteiger partial charge >= 0.3 is 0 Å². The van der Waals surface area contributed by atoms with Crippen molar-refractivity contribution in [1.29, 1.82) is 0 Å². The smallest absolute Gasteiger partial charge is 0.231 e. The SMILES string of the molecule is O=C(CSc1ccc2c(c1)OCCO2)NC1(c2ccc3c(c2)OCCO3)CCCC1. The maximum Gasteiger partial charge on any atom is 0.231 e. The fraction of sp³-hybridized carbons (Fsp3) is 0.435. The minimum Gasteiger partial charge on any atom is -0.486 e. The molecule has 7 heteroatoms. The van der Waals surface area contributed by atoms with Gasteiger partial charge in [0.2, 0.25) is 5.91 Å². The molecule has 3 aliphatic rings. The first-order chi connectivity index (χ1) is 14.7. The van der Waals surface area contributed by atoms with Gasteiger partial charge in [0, 0.05) is 4.90 Å². The summed E-state index contributed by atoms with van der Waals surface area (Å²) >= 11 is 1.51. The van der Waals surface area contributed by atoms with Gasteiger partial charge in [-0.3, -0.25) is 4.79 Å². The second-order valence-electron chi connectivity index (χ2n) is 7.79. The standard InChI is InChI=1S/C23H25NO5S/c25-22(15-30-17-4-6-19-21(14-17)29-12-10-27-19)24-23(7-1-2-8-23)16-3-5-18-20(13-16)28-11-9-26-18/h3-6,13-14H,1-2,7-12,15H2,(H,24,25). The van der Waals surface area contributed by atoms with Crippen molar-refractivity contribution in [3.05, 3.63) is 42.0 Å². The van der Waals surface area contributed by atoms with E-state index < -0.39 is 0 Å². The molecule has 30 heavy (non-hydrogen) atoms. The van der Waals surface area contributed by atoms with Gasteiger partial charge in [-0.2, -0.15) is 0 Å². The van der Waals surface area contributed by atoms with Crippen LogP contribution in [0.3, 0.4) is 0 Å². The first-order valence-corrected chi connectivity index (χ1v) is 11.4. The fourth-order valence-corrected chi connectivity index (χ4v) is 5.10. The van der Waals surface area contributed by atoms with Gasteiger partial charge in [0.15, 0.2) is 23.0 Å². The van der Waals surface area contributed by atoms with E-state index in [1.807, 2.05) is 30.3 Å². The van der Waals surface area contributed by atoms with Crippen LogP contribution in [0.5, 0.6) is 23.0 Å². The van der Waals surface area contributed by atoms with Crippen molar-refractivity contribution in [1.82, 2.24) is 5.32 Å². The summed E-state index contributed by atoms with van der Waals surface area (Å²) in [5.74, 6) is 3.44. The maximum atomic E-state index is 12.9. The van der Waals surface area contributed by atoms with E-state index in [0.29, 0.717) is 32.2 Å². The highest BCUT2D eigenvalue weighted by Gasteiger charge is 2.37. The number of amides is 1. The molecule has 0 aromatic heterocycles. The van der Waals surface area contributed by atoms with Gasteiger partial charge in [0.05, 0.1) is 11.3 Å². The Morgan fingerprint density at radius 2 is 1.43 bits per heavy atom. The van der Waals surface area contributed by atoms with Crippen LogP contribution < -0.4 is 24.3 Å². The summed E-state index contributed by atoms with van der Waals surface area (Å²) in [7, 11) is 0. The van der Waals surface area contributed by atoms with Crippen molar-refractivity contribution < 1.29 is 23.7 Å². The van der Waals surface area contributed by atoms with E-state index in [0.717, 1.165) is 59.1 Å². The number of carbonyl (C=O) groups is 1. The van der Waals surface area contributed by atoms with E-state index in [4.69, 9.17) is 18.9 Å². The van der Waals surface area contributed by atoms with Gasteiger partial charge in [-0.25, -0.2) is 0 Å². The minimum atomic E-state index is -0.333. The summed E-state index contributed by atoms with van der Waals surface area (Å²) < 4.78 is 22.6. The molecule has 1 aliphatic carbocycles. The molecule has 1 amide bonds. The molecule has 0 unspecified atom stereocenters. The lowest BCUT2D eigenvalue weighted by molar-refractivity contribution is -0.120. The van der Waals surface area contributed by atoms with Crippen LogP contribution in [-0.4, -0.2) is 38.1 Å². The molecule has 2 aromatic rings. The Hall–Kier alpha value is -2.54. The lowest BCUT2D eigenvalue weighted by Crippen LogP contribution is -2.44. The first kappa shape index (κ1) is 19.4. The zero-order valence-corrected chi connectivity index (χ0v) is 17.6. The number of hydrogen-bond acceptors (Lipinski definition) is 6. The summed E-state index contributed by atoms with van der Waals surface area (Å²) in [4.78, 5) is 13.9. The second kappa shape index (κ2) is 8.30. The van der Waals surface area contributed by atoms with Gasteiger partial charge in [-0.05, 0) is 48.7 Å². The molecule has 0 radical (unpaired) electrons. The molecular weight excluding hydrogens is 402 g/mol. The molecule has 1 saturated carbocycles. The molecule has 1 fully saturated rings. The molecule has 0 bridgehead atoms. The lowest BCUT2D eigenvalue weighted by Gasteiger charge is -2.32. The first-order valence-electron chi connectivity index (χ1n) is 10.5. The van der Waals surface area contributed by atoms with Gasteiger partial charge < -0.3 is 24.3 Å². The number of rotatable bonds is 5. The maximum absolute atomic E-state index is 12.9. The Balaban J connectivity index is 1.27. The number of hydrogen-bond donors (Lipinski definition) is 1. The van der Waals surface area contributed by atoms with Crippen molar-refractivity contribution >= 4 is 17.7 Å². The van der Waals surface area contributed by atoms with Crippen LogP contribution >= 0.6 is 11.8 Å². The molecule has 2 heterocycles. The zero-order chi connectivity index (χ0) is 20.4. The predicted molar refractivity (Wildman–Crippen MR) is 114 cm³/mol. The van der Waals surface area contributed by atoms with E-state index in [1.54, 1.807) is 0 Å². The normalized spacial score (nSPS) is 18.7. The average molecular weight is 428 g/mol. The van der Waals surface area contributed by atoms with Crippen molar-refractivity contribution in [2.24, 2.45) is 0 Å². The second-order valence-corrected chi connectivity index (χ2v) is 8.84. The third-order valence-corrected chi connectivity index (χ3v) is 6.81. The predicted octanol–water partition coefficient (Wildman–Crippen LogP) is 3.91. The minimum absolute atomic E-state index is 0.0340. The van der Waals surface area contributed by atoms with E-state index in [1.165, 1.54) is 11.8 Å². The van der Waals surface area contributed by atoms with Crippen molar-refractivity contribution in [3.8, 4) is 23.0 Å². The Kier molecular flexibility index (Phi) is 5.37. The zero-order valence-electron chi connectivity index (χ0n) is 16.8. The third kappa shape index (κ3) is 3.90. The number of thioether (sulfide) groups is 1. The highest BCUT2D eigenvalue weighted by atomic mass is 32.2. The van der Waals surface area contributed by atoms with E-state index in [2.05, 4.69) is 11.4 Å². The molecule has 2 aromatic carbocycles. The number of ether oxygens (including phenoxy) is 4. The lowest BCUT2D eigenvalue weighted by atomic mass is 9.87. The Morgan fingerprint density at radius 3 is 2.13 bits per heavy atom. The molecule has 5 rings (SSSR count).